The van der Waals surface area contributed by atoms with Crippen LogP contribution in [0.2, 0.25) is 6.32 Å². The van der Waals surface area contributed by atoms with E-state index in [2.05, 4.69) is 19.0 Å². The minimum atomic E-state index is 0.949. The van der Waals surface area contributed by atoms with E-state index in [-0.39, 0.29) is 0 Å². The third-order valence-electron chi connectivity index (χ3n) is 1.53. The zero-order valence-electron chi connectivity index (χ0n) is 4.85. The van der Waals surface area contributed by atoms with E-state index in [1.807, 2.05) is 0 Å². The van der Waals surface area contributed by atoms with E-state index in [1.54, 1.807) is 0 Å². The lowest BCUT2D eigenvalue weighted by atomic mass is 9.66. The molecule has 1 aliphatic heterocycles. The molecule has 0 saturated heterocycles. The second-order valence-corrected chi connectivity index (χ2v) is 2.39. The van der Waals surface area contributed by atoms with Crippen LogP contribution in [0.1, 0.15) is 13.3 Å². The van der Waals surface area contributed by atoms with Crippen molar-refractivity contribution in [3.8, 4) is 0 Å². The maximum absolute atomic E-state index is 2.31. The molecule has 0 nitrogen and oxygen atoms in total. The second kappa shape index (κ2) is 2.20. The summed E-state index contributed by atoms with van der Waals surface area (Å²) in [5.74, 6) is 3.23. The predicted molar refractivity (Wildman–Crippen MR) is 34.9 cm³/mol. The highest BCUT2D eigenvalue weighted by atomic mass is 14.0. The van der Waals surface area contributed by atoms with Gasteiger partial charge >= 0.3 is 0 Å². The van der Waals surface area contributed by atoms with Crippen molar-refractivity contribution in [1.82, 2.24) is 0 Å². The lowest BCUT2D eigenvalue weighted by Crippen LogP contribution is -2.01. The molecule has 1 heteroatoms. The minimum Gasteiger partial charge on any atom is -0.123 e. The molecule has 1 rings (SSSR count). The van der Waals surface area contributed by atoms with E-state index in [1.165, 1.54) is 20.0 Å². The van der Waals surface area contributed by atoms with Crippen molar-refractivity contribution in [1.29, 1.82) is 0 Å². The SMILES string of the molecule is CC1CBC=CC1. The van der Waals surface area contributed by atoms with Crippen LogP contribution in [0.3, 0.4) is 0 Å². The summed E-state index contributed by atoms with van der Waals surface area (Å²) < 4.78 is 0. The predicted octanol–water partition coefficient (Wildman–Crippen LogP) is 1.39. The summed E-state index contributed by atoms with van der Waals surface area (Å²) in [7, 11) is 1.31. The van der Waals surface area contributed by atoms with E-state index in [4.69, 9.17) is 0 Å². The molecule has 1 atom stereocenters. The number of hydrogen-bond acceptors (Lipinski definition) is 0. The second-order valence-electron chi connectivity index (χ2n) is 2.39. The van der Waals surface area contributed by atoms with Gasteiger partial charge < -0.3 is 0 Å². The average molecular weight is 94.0 g/mol. The molecule has 1 aliphatic rings. The number of rotatable bonds is 0. The Balaban J connectivity index is 2.32. The molecule has 0 aromatic carbocycles. The molecule has 0 aliphatic carbocycles. The quantitative estimate of drug-likeness (QED) is 0.398. The van der Waals surface area contributed by atoms with E-state index in [9.17, 15) is 0 Å². The Morgan fingerprint density at radius 3 is 2.86 bits per heavy atom. The molecule has 0 spiro atoms. The van der Waals surface area contributed by atoms with Crippen molar-refractivity contribution in [3.63, 3.8) is 0 Å². The van der Waals surface area contributed by atoms with Crippen LogP contribution < -0.4 is 0 Å². The van der Waals surface area contributed by atoms with Gasteiger partial charge in [0.25, 0.3) is 0 Å². The summed E-state index contributed by atoms with van der Waals surface area (Å²) in [6, 6.07) is 0. The largest absolute Gasteiger partial charge is 0.147 e. The first-order valence-electron chi connectivity index (χ1n) is 3.04. The van der Waals surface area contributed by atoms with Crippen LogP contribution in [-0.2, 0) is 0 Å². The molecular weight excluding hydrogens is 82.9 g/mol. The summed E-state index contributed by atoms with van der Waals surface area (Å²) in [6.07, 6.45) is 4.99. The van der Waals surface area contributed by atoms with Gasteiger partial charge in [0, 0.05) is 0 Å². The van der Waals surface area contributed by atoms with Gasteiger partial charge in [-0.2, -0.15) is 0 Å². The third kappa shape index (κ3) is 1.38. The van der Waals surface area contributed by atoms with Crippen molar-refractivity contribution in [2.24, 2.45) is 5.92 Å². The molecule has 0 fully saturated rings. The van der Waals surface area contributed by atoms with Crippen LogP contribution in [0, 0.1) is 5.92 Å². The van der Waals surface area contributed by atoms with Crippen molar-refractivity contribution >= 4 is 7.28 Å². The topological polar surface area (TPSA) is 0 Å². The molecule has 7 heavy (non-hydrogen) atoms. The first-order chi connectivity index (χ1) is 3.39. The fourth-order valence-electron chi connectivity index (χ4n) is 0.945. The molecule has 0 N–H and O–H groups in total. The van der Waals surface area contributed by atoms with Crippen molar-refractivity contribution in [2.45, 2.75) is 19.7 Å². The zero-order valence-corrected chi connectivity index (χ0v) is 4.85. The maximum atomic E-state index is 2.31. The Bertz CT molecular complexity index is 76.2. The normalized spacial score (nSPS) is 29.6. The van der Waals surface area contributed by atoms with E-state index in [0.29, 0.717) is 0 Å². The Kier molecular flexibility index (Phi) is 1.56. The third-order valence-corrected chi connectivity index (χ3v) is 1.53. The molecule has 0 radical (unpaired) electrons. The van der Waals surface area contributed by atoms with Crippen LogP contribution >= 0.6 is 0 Å². The first-order valence-corrected chi connectivity index (χ1v) is 3.04. The van der Waals surface area contributed by atoms with Gasteiger partial charge in [0.05, 0.1) is 0 Å². The Hall–Kier alpha value is -0.195. The summed E-state index contributed by atoms with van der Waals surface area (Å²) in [4.78, 5) is 0. The monoisotopic (exact) mass is 94.1 g/mol. The van der Waals surface area contributed by atoms with Gasteiger partial charge in [-0.05, 0) is 12.3 Å². The van der Waals surface area contributed by atoms with Crippen molar-refractivity contribution in [2.75, 3.05) is 0 Å². The molecule has 0 aromatic heterocycles. The molecule has 0 amide bonds. The van der Waals surface area contributed by atoms with Crippen LogP contribution in [0.5, 0.6) is 0 Å². The highest BCUT2D eigenvalue weighted by Gasteiger charge is 2.01. The smallest absolute Gasteiger partial charge is 0.123 e. The minimum absolute atomic E-state index is 0.949. The van der Waals surface area contributed by atoms with Crippen LogP contribution in [0.4, 0.5) is 0 Å². The van der Waals surface area contributed by atoms with Gasteiger partial charge in [-0.3, -0.25) is 0 Å². The van der Waals surface area contributed by atoms with Gasteiger partial charge in [-0.1, -0.05) is 19.3 Å². The van der Waals surface area contributed by atoms with Gasteiger partial charge in [0.2, 0.25) is 0 Å². The molecule has 38 valence electrons. The number of allylic oxidation sites excluding steroid dienone is 1. The Morgan fingerprint density at radius 1 is 1.71 bits per heavy atom. The Labute approximate surface area is 45.9 Å². The number of hydrogen-bond donors (Lipinski definition) is 0. The summed E-state index contributed by atoms with van der Waals surface area (Å²) in [5.41, 5.74) is 0. The molecular formula is C6H11B. The fraction of sp³-hybridized carbons (Fsp3) is 0.667. The highest BCUT2D eigenvalue weighted by molar-refractivity contribution is 6.42. The molecule has 1 unspecified atom stereocenters. The van der Waals surface area contributed by atoms with Gasteiger partial charge in [0.15, 0.2) is 0 Å². The van der Waals surface area contributed by atoms with Crippen LogP contribution in [0.15, 0.2) is 12.1 Å². The molecule has 1 heterocycles. The van der Waals surface area contributed by atoms with E-state index < -0.39 is 0 Å². The lowest BCUT2D eigenvalue weighted by molar-refractivity contribution is 0.654. The zero-order chi connectivity index (χ0) is 5.11. The summed E-state index contributed by atoms with van der Waals surface area (Å²) in [5, 5.41) is 0. The summed E-state index contributed by atoms with van der Waals surface area (Å²) in [6.45, 7) is 2.31. The standard InChI is InChI=1S/C6H11B/c1-6-3-2-4-7-5-6/h2,4,6-7H,3,5H2,1H3. The van der Waals surface area contributed by atoms with Gasteiger partial charge in [-0.15, -0.1) is 5.98 Å². The Morgan fingerprint density at radius 2 is 2.57 bits per heavy atom. The van der Waals surface area contributed by atoms with E-state index >= 15 is 0 Å². The first kappa shape index (κ1) is 4.95. The maximum Gasteiger partial charge on any atom is 0.147 e. The van der Waals surface area contributed by atoms with Crippen molar-refractivity contribution in [3.05, 3.63) is 12.1 Å². The molecule has 0 aromatic rings. The van der Waals surface area contributed by atoms with Crippen molar-refractivity contribution < 1.29 is 0 Å². The summed E-state index contributed by atoms with van der Waals surface area (Å²) >= 11 is 0. The lowest BCUT2D eigenvalue weighted by Gasteiger charge is -2.08. The van der Waals surface area contributed by atoms with E-state index in [0.717, 1.165) is 5.92 Å². The molecule has 0 bridgehead atoms. The van der Waals surface area contributed by atoms with Gasteiger partial charge in [0.1, 0.15) is 7.28 Å². The van der Waals surface area contributed by atoms with Gasteiger partial charge in [-0.25, -0.2) is 0 Å². The van der Waals surface area contributed by atoms with Crippen LogP contribution in [0.25, 0.3) is 0 Å². The van der Waals surface area contributed by atoms with Crippen LogP contribution in [-0.4, -0.2) is 7.28 Å². The fourth-order valence-corrected chi connectivity index (χ4v) is 0.945. The average Bonchev–Trinajstić information content (AvgIpc) is 1.69. The highest BCUT2D eigenvalue weighted by Crippen LogP contribution is 2.11. The molecule has 0 saturated carbocycles.